The highest BCUT2D eigenvalue weighted by Gasteiger charge is 2.26. The first kappa shape index (κ1) is 11.6. The number of hydrogen-bond donors (Lipinski definition) is 1. The second kappa shape index (κ2) is 4.56. The molecule has 0 aliphatic carbocycles. The van der Waals surface area contributed by atoms with Gasteiger partial charge in [-0.3, -0.25) is 0 Å². The largest absolute Gasteiger partial charge is 0.375 e. The summed E-state index contributed by atoms with van der Waals surface area (Å²) in [7, 11) is 0. The van der Waals surface area contributed by atoms with E-state index in [-0.39, 0.29) is 5.54 Å². The van der Waals surface area contributed by atoms with Gasteiger partial charge in [-0.15, -0.1) is 0 Å². The van der Waals surface area contributed by atoms with Crippen LogP contribution in [-0.4, -0.2) is 24.8 Å². The van der Waals surface area contributed by atoms with Gasteiger partial charge in [0.05, 0.1) is 12.7 Å². The molecule has 1 aromatic carbocycles. The molecule has 1 unspecified atom stereocenters. The fourth-order valence-corrected chi connectivity index (χ4v) is 2.06. The van der Waals surface area contributed by atoms with E-state index < -0.39 is 0 Å². The molecule has 1 N–H and O–H groups in total. The summed E-state index contributed by atoms with van der Waals surface area (Å²) < 4.78 is 5.87. The van der Waals surface area contributed by atoms with Crippen LogP contribution in [0.2, 0.25) is 0 Å². The lowest BCUT2D eigenvalue weighted by molar-refractivity contribution is -0.0206. The Balaban J connectivity index is 1.92. The zero-order chi connectivity index (χ0) is 11.6. The lowest BCUT2D eigenvalue weighted by atomic mass is 10.0. The first-order valence-electron chi connectivity index (χ1n) is 5.97. The van der Waals surface area contributed by atoms with Crippen LogP contribution in [0.25, 0.3) is 0 Å². The fourth-order valence-electron chi connectivity index (χ4n) is 2.06. The van der Waals surface area contributed by atoms with Gasteiger partial charge in [0.2, 0.25) is 0 Å². The van der Waals surface area contributed by atoms with Crippen LogP contribution in [0.4, 0.5) is 0 Å². The lowest BCUT2D eigenvalue weighted by Gasteiger charge is -2.36. The normalized spacial score (nSPS) is 24.3. The van der Waals surface area contributed by atoms with E-state index in [1.165, 1.54) is 11.1 Å². The molecule has 0 bridgehead atoms. The quantitative estimate of drug-likeness (QED) is 0.824. The summed E-state index contributed by atoms with van der Waals surface area (Å²) in [5, 5.41) is 3.52. The number of hydrogen-bond acceptors (Lipinski definition) is 2. The van der Waals surface area contributed by atoms with Crippen LogP contribution in [-0.2, 0) is 11.2 Å². The Hall–Kier alpha value is -0.860. The summed E-state index contributed by atoms with van der Waals surface area (Å²) in [5.74, 6) is 0. The summed E-state index contributed by atoms with van der Waals surface area (Å²) in [4.78, 5) is 0. The van der Waals surface area contributed by atoms with Crippen LogP contribution >= 0.6 is 0 Å². The van der Waals surface area contributed by atoms with Crippen LogP contribution < -0.4 is 5.32 Å². The molecule has 2 nitrogen and oxygen atoms in total. The van der Waals surface area contributed by atoms with E-state index in [0.717, 1.165) is 19.6 Å². The standard InChI is InChI=1S/C14H21NO/c1-11-5-4-6-12(7-11)8-13-9-15-14(2,3)10-16-13/h4-7,13,15H,8-10H2,1-3H3. The molecule has 88 valence electrons. The Bertz CT molecular complexity index is 350. The number of nitrogens with one attached hydrogen (secondary N) is 1. The van der Waals surface area contributed by atoms with E-state index in [1.807, 2.05) is 0 Å². The first-order valence-corrected chi connectivity index (χ1v) is 5.97. The van der Waals surface area contributed by atoms with Crippen molar-refractivity contribution in [3.63, 3.8) is 0 Å². The smallest absolute Gasteiger partial charge is 0.0740 e. The molecule has 2 heteroatoms. The van der Waals surface area contributed by atoms with Crippen LogP contribution in [0, 0.1) is 6.92 Å². The van der Waals surface area contributed by atoms with Crippen molar-refractivity contribution in [2.75, 3.05) is 13.2 Å². The van der Waals surface area contributed by atoms with E-state index in [1.54, 1.807) is 0 Å². The molecule has 0 amide bonds. The van der Waals surface area contributed by atoms with Crippen molar-refractivity contribution in [2.24, 2.45) is 0 Å². The van der Waals surface area contributed by atoms with Crippen molar-refractivity contribution in [2.45, 2.75) is 38.8 Å². The van der Waals surface area contributed by atoms with Gasteiger partial charge in [0, 0.05) is 12.1 Å². The van der Waals surface area contributed by atoms with Crippen LogP contribution in [0.3, 0.4) is 0 Å². The molecule has 1 fully saturated rings. The fraction of sp³-hybridized carbons (Fsp3) is 0.571. The van der Waals surface area contributed by atoms with Crippen molar-refractivity contribution in [1.82, 2.24) is 5.32 Å². The predicted octanol–water partition coefficient (Wildman–Crippen LogP) is 2.30. The Morgan fingerprint density at radius 3 is 2.88 bits per heavy atom. The topological polar surface area (TPSA) is 21.3 Å². The van der Waals surface area contributed by atoms with E-state index in [0.29, 0.717) is 6.10 Å². The molecule has 0 spiro atoms. The average molecular weight is 219 g/mol. The summed E-state index contributed by atoms with van der Waals surface area (Å²) >= 11 is 0. The Kier molecular flexibility index (Phi) is 3.31. The van der Waals surface area contributed by atoms with E-state index in [9.17, 15) is 0 Å². The molecule has 16 heavy (non-hydrogen) atoms. The number of benzene rings is 1. The van der Waals surface area contributed by atoms with Crippen LogP contribution in [0.5, 0.6) is 0 Å². The monoisotopic (exact) mass is 219 g/mol. The van der Waals surface area contributed by atoms with Crippen molar-refractivity contribution in [1.29, 1.82) is 0 Å². The highest BCUT2D eigenvalue weighted by Crippen LogP contribution is 2.15. The molecule has 1 heterocycles. The highest BCUT2D eigenvalue weighted by atomic mass is 16.5. The van der Waals surface area contributed by atoms with Crippen LogP contribution in [0.15, 0.2) is 24.3 Å². The Morgan fingerprint density at radius 1 is 1.44 bits per heavy atom. The molecular weight excluding hydrogens is 198 g/mol. The van der Waals surface area contributed by atoms with Gasteiger partial charge in [-0.05, 0) is 32.8 Å². The van der Waals surface area contributed by atoms with Gasteiger partial charge >= 0.3 is 0 Å². The van der Waals surface area contributed by atoms with Crippen molar-refractivity contribution >= 4 is 0 Å². The maximum Gasteiger partial charge on any atom is 0.0740 e. The number of morpholine rings is 1. The average Bonchev–Trinajstić information content (AvgIpc) is 2.21. The summed E-state index contributed by atoms with van der Waals surface area (Å²) in [6.45, 7) is 8.22. The molecule has 1 aliphatic rings. The Morgan fingerprint density at radius 2 is 2.25 bits per heavy atom. The molecule has 1 atom stereocenters. The minimum Gasteiger partial charge on any atom is -0.375 e. The minimum absolute atomic E-state index is 0.128. The van der Waals surface area contributed by atoms with Gasteiger partial charge in [-0.25, -0.2) is 0 Å². The highest BCUT2D eigenvalue weighted by molar-refractivity contribution is 5.22. The third kappa shape index (κ3) is 3.06. The van der Waals surface area contributed by atoms with Gasteiger partial charge < -0.3 is 10.1 Å². The van der Waals surface area contributed by atoms with Crippen molar-refractivity contribution in [3.05, 3.63) is 35.4 Å². The minimum atomic E-state index is 0.128. The molecule has 0 saturated carbocycles. The molecule has 1 aliphatic heterocycles. The molecule has 0 aromatic heterocycles. The maximum atomic E-state index is 5.87. The second-order valence-corrected chi connectivity index (χ2v) is 5.39. The van der Waals surface area contributed by atoms with Gasteiger partial charge in [-0.1, -0.05) is 29.8 Å². The molecule has 0 radical (unpaired) electrons. The van der Waals surface area contributed by atoms with Crippen molar-refractivity contribution < 1.29 is 4.74 Å². The van der Waals surface area contributed by atoms with Gasteiger partial charge in [0.15, 0.2) is 0 Å². The number of rotatable bonds is 2. The zero-order valence-electron chi connectivity index (χ0n) is 10.4. The number of aryl methyl sites for hydroxylation is 1. The SMILES string of the molecule is Cc1cccc(CC2CNC(C)(C)CO2)c1. The van der Waals surface area contributed by atoms with Crippen molar-refractivity contribution in [3.8, 4) is 0 Å². The van der Waals surface area contributed by atoms with Gasteiger partial charge in [0.25, 0.3) is 0 Å². The molecule has 1 aromatic rings. The third-order valence-corrected chi connectivity index (χ3v) is 3.03. The van der Waals surface area contributed by atoms with E-state index in [4.69, 9.17) is 4.74 Å². The second-order valence-electron chi connectivity index (χ2n) is 5.39. The maximum absolute atomic E-state index is 5.87. The molecule has 1 saturated heterocycles. The Labute approximate surface area is 98.0 Å². The zero-order valence-corrected chi connectivity index (χ0v) is 10.4. The van der Waals surface area contributed by atoms with E-state index in [2.05, 4.69) is 50.4 Å². The van der Waals surface area contributed by atoms with E-state index >= 15 is 0 Å². The van der Waals surface area contributed by atoms with Gasteiger partial charge in [0.1, 0.15) is 0 Å². The lowest BCUT2D eigenvalue weighted by Crippen LogP contribution is -2.53. The number of ether oxygens (including phenoxy) is 1. The summed E-state index contributed by atoms with van der Waals surface area (Å²) in [5.41, 5.74) is 2.82. The summed E-state index contributed by atoms with van der Waals surface area (Å²) in [6.07, 6.45) is 1.32. The molecule has 2 rings (SSSR count). The van der Waals surface area contributed by atoms with Gasteiger partial charge in [-0.2, -0.15) is 0 Å². The molecular formula is C14H21NO. The van der Waals surface area contributed by atoms with Crippen LogP contribution in [0.1, 0.15) is 25.0 Å². The third-order valence-electron chi connectivity index (χ3n) is 3.03. The first-order chi connectivity index (χ1) is 7.55. The predicted molar refractivity (Wildman–Crippen MR) is 66.7 cm³/mol. The summed E-state index contributed by atoms with van der Waals surface area (Å²) in [6, 6.07) is 8.66.